The summed E-state index contributed by atoms with van der Waals surface area (Å²) in [6.07, 6.45) is 2.48. The monoisotopic (exact) mass is 242 g/mol. The zero-order valence-electron chi connectivity index (χ0n) is 9.84. The summed E-state index contributed by atoms with van der Waals surface area (Å²) in [7, 11) is 0. The SMILES string of the molecule is NCCc1cc(-c2ccc(C(=O)O)cc2)ccn1. The molecule has 0 saturated heterocycles. The molecule has 18 heavy (non-hydrogen) atoms. The second-order valence-corrected chi connectivity index (χ2v) is 3.96. The maximum Gasteiger partial charge on any atom is 0.335 e. The summed E-state index contributed by atoms with van der Waals surface area (Å²) >= 11 is 0. The first kappa shape index (κ1) is 12.3. The molecule has 0 spiro atoms. The number of hydrogen-bond acceptors (Lipinski definition) is 3. The van der Waals surface area contributed by atoms with Crippen LogP contribution in [-0.4, -0.2) is 22.6 Å². The predicted molar refractivity (Wildman–Crippen MR) is 69.4 cm³/mol. The highest BCUT2D eigenvalue weighted by Gasteiger charge is 2.04. The quantitative estimate of drug-likeness (QED) is 0.859. The van der Waals surface area contributed by atoms with Crippen molar-refractivity contribution >= 4 is 5.97 Å². The first-order valence-electron chi connectivity index (χ1n) is 5.69. The van der Waals surface area contributed by atoms with E-state index in [1.165, 1.54) is 0 Å². The lowest BCUT2D eigenvalue weighted by atomic mass is 10.0. The average molecular weight is 242 g/mol. The number of aromatic carboxylic acids is 1. The molecule has 0 bridgehead atoms. The highest BCUT2D eigenvalue weighted by molar-refractivity contribution is 5.88. The van der Waals surface area contributed by atoms with Crippen LogP contribution in [0.4, 0.5) is 0 Å². The molecule has 2 rings (SSSR count). The normalized spacial score (nSPS) is 10.3. The molecule has 0 aliphatic rings. The third-order valence-corrected chi connectivity index (χ3v) is 2.68. The molecule has 4 heteroatoms. The Kier molecular flexibility index (Phi) is 3.69. The van der Waals surface area contributed by atoms with Gasteiger partial charge in [0.25, 0.3) is 0 Å². The van der Waals surface area contributed by atoms with Crippen LogP contribution in [0, 0.1) is 0 Å². The Hall–Kier alpha value is -2.20. The minimum absolute atomic E-state index is 0.287. The van der Waals surface area contributed by atoms with Gasteiger partial charge in [-0.2, -0.15) is 0 Å². The number of nitrogens with two attached hydrogens (primary N) is 1. The first-order valence-corrected chi connectivity index (χ1v) is 5.69. The van der Waals surface area contributed by atoms with Crippen molar-refractivity contribution in [1.82, 2.24) is 4.98 Å². The first-order chi connectivity index (χ1) is 8.70. The molecule has 2 aromatic rings. The van der Waals surface area contributed by atoms with Gasteiger partial charge in [-0.3, -0.25) is 4.98 Å². The molecule has 1 aromatic carbocycles. The summed E-state index contributed by atoms with van der Waals surface area (Å²) in [6, 6.07) is 10.7. The maximum atomic E-state index is 10.8. The molecule has 0 unspecified atom stereocenters. The molecular formula is C14H14N2O2. The highest BCUT2D eigenvalue weighted by atomic mass is 16.4. The number of benzene rings is 1. The second-order valence-electron chi connectivity index (χ2n) is 3.96. The van der Waals surface area contributed by atoms with E-state index in [2.05, 4.69) is 4.98 Å². The van der Waals surface area contributed by atoms with Gasteiger partial charge in [-0.1, -0.05) is 12.1 Å². The van der Waals surface area contributed by atoms with Gasteiger partial charge < -0.3 is 10.8 Å². The lowest BCUT2D eigenvalue weighted by molar-refractivity contribution is 0.0697. The summed E-state index contributed by atoms with van der Waals surface area (Å²) < 4.78 is 0. The summed E-state index contributed by atoms with van der Waals surface area (Å²) in [6.45, 7) is 0.564. The van der Waals surface area contributed by atoms with E-state index in [-0.39, 0.29) is 5.56 Å². The number of rotatable bonds is 4. The molecule has 1 aromatic heterocycles. The van der Waals surface area contributed by atoms with E-state index in [1.54, 1.807) is 30.5 Å². The minimum atomic E-state index is -0.917. The van der Waals surface area contributed by atoms with Crippen LogP contribution in [0.25, 0.3) is 11.1 Å². The Morgan fingerprint density at radius 2 is 1.89 bits per heavy atom. The van der Waals surface area contributed by atoms with E-state index in [1.807, 2.05) is 12.1 Å². The van der Waals surface area contributed by atoms with Crippen molar-refractivity contribution in [3.05, 3.63) is 53.9 Å². The molecule has 0 amide bonds. The van der Waals surface area contributed by atoms with Crippen LogP contribution in [0.1, 0.15) is 16.1 Å². The van der Waals surface area contributed by atoms with Gasteiger partial charge in [0.2, 0.25) is 0 Å². The van der Waals surface area contributed by atoms with Gasteiger partial charge in [-0.25, -0.2) is 4.79 Å². The molecule has 0 saturated carbocycles. The summed E-state index contributed by atoms with van der Waals surface area (Å²) in [5.74, 6) is -0.917. The van der Waals surface area contributed by atoms with E-state index >= 15 is 0 Å². The van der Waals surface area contributed by atoms with Gasteiger partial charge in [0.1, 0.15) is 0 Å². The van der Waals surface area contributed by atoms with Gasteiger partial charge in [0, 0.05) is 18.3 Å². The number of carboxylic acid groups (broad SMARTS) is 1. The Labute approximate surface area is 105 Å². The van der Waals surface area contributed by atoms with Crippen LogP contribution < -0.4 is 5.73 Å². The van der Waals surface area contributed by atoms with E-state index in [0.29, 0.717) is 6.54 Å². The molecule has 0 atom stereocenters. The van der Waals surface area contributed by atoms with E-state index < -0.39 is 5.97 Å². The molecule has 92 valence electrons. The van der Waals surface area contributed by atoms with Crippen LogP contribution in [0.3, 0.4) is 0 Å². The van der Waals surface area contributed by atoms with Crippen molar-refractivity contribution in [3.63, 3.8) is 0 Å². The topological polar surface area (TPSA) is 76.2 Å². The smallest absolute Gasteiger partial charge is 0.335 e. The van der Waals surface area contributed by atoms with E-state index in [9.17, 15) is 4.79 Å². The Morgan fingerprint density at radius 3 is 2.50 bits per heavy atom. The summed E-state index contributed by atoms with van der Waals surface area (Å²) in [5, 5.41) is 8.84. The zero-order valence-corrected chi connectivity index (χ0v) is 9.84. The van der Waals surface area contributed by atoms with Crippen molar-refractivity contribution in [2.45, 2.75) is 6.42 Å². The van der Waals surface area contributed by atoms with Gasteiger partial charge in [-0.05, 0) is 41.9 Å². The maximum absolute atomic E-state index is 10.8. The predicted octanol–water partition coefficient (Wildman–Crippen LogP) is 1.95. The fourth-order valence-corrected chi connectivity index (χ4v) is 1.75. The van der Waals surface area contributed by atoms with Crippen LogP contribution in [0.15, 0.2) is 42.6 Å². The van der Waals surface area contributed by atoms with Crippen LogP contribution in [-0.2, 0) is 6.42 Å². The van der Waals surface area contributed by atoms with E-state index in [4.69, 9.17) is 10.8 Å². The molecule has 4 nitrogen and oxygen atoms in total. The number of carboxylic acids is 1. The number of nitrogens with zero attached hydrogens (tertiary/aromatic N) is 1. The number of hydrogen-bond donors (Lipinski definition) is 2. The van der Waals surface area contributed by atoms with Gasteiger partial charge in [-0.15, -0.1) is 0 Å². The van der Waals surface area contributed by atoms with Crippen molar-refractivity contribution in [2.75, 3.05) is 6.54 Å². The zero-order chi connectivity index (χ0) is 13.0. The molecule has 0 fully saturated rings. The number of carbonyl (C=O) groups is 1. The molecule has 0 radical (unpaired) electrons. The van der Waals surface area contributed by atoms with E-state index in [0.717, 1.165) is 23.2 Å². The summed E-state index contributed by atoms with van der Waals surface area (Å²) in [5.41, 5.74) is 8.72. The van der Waals surface area contributed by atoms with Crippen LogP contribution in [0.5, 0.6) is 0 Å². The minimum Gasteiger partial charge on any atom is -0.478 e. The third-order valence-electron chi connectivity index (χ3n) is 2.68. The molecule has 1 heterocycles. The third kappa shape index (κ3) is 2.73. The van der Waals surface area contributed by atoms with Crippen molar-refractivity contribution in [1.29, 1.82) is 0 Å². The number of pyridine rings is 1. The largest absolute Gasteiger partial charge is 0.478 e. The van der Waals surface area contributed by atoms with Gasteiger partial charge >= 0.3 is 5.97 Å². The standard InChI is InChI=1S/C14H14N2O2/c15-7-5-13-9-12(6-8-16-13)10-1-3-11(4-2-10)14(17)18/h1-4,6,8-9H,5,7,15H2,(H,17,18). The van der Waals surface area contributed by atoms with Crippen molar-refractivity contribution in [3.8, 4) is 11.1 Å². The Balaban J connectivity index is 2.30. The lowest BCUT2D eigenvalue weighted by Crippen LogP contribution is -2.04. The van der Waals surface area contributed by atoms with Crippen molar-refractivity contribution < 1.29 is 9.90 Å². The Bertz CT molecular complexity index is 550. The van der Waals surface area contributed by atoms with Gasteiger partial charge in [0.15, 0.2) is 0 Å². The fourth-order valence-electron chi connectivity index (χ4n) is 1.75. The fraction of sp³-hybridized carbons (Fsp3) is 0.143. The van der Waals surface area contributed by atoms with Gasteiger partial charge in [0.05, 0.1) is 5.56 Å². The molecule has 0 aliphatic heterocycles. The van der Waals surface area contributed by atoms with Crippen molar-refractivity contribution in [2.24, 2.45) is 5.73 Å². The lowest BCUT2D eigenvalue weighted by Gasteiger charge is -2.04. The summed E-state index contributed by atoms with van der Waals surface area (Å²) in [4.78, 5) is 15.0. The van der Waals surface area contributed by atoms with Crippen LogP contribution >= 0.6 is 0 Å². The van der Waals surface area contributed by atoms with Crippen LogP contribution in [0.2, 0.25) is 0 Å². The highest BCUT2D eigenvalue weighted by Crippen LogP contribution is 2.20. The number of aromatic nitrogens is 1. The Morgan fingerprint density at radius 1 is 1.17 bits per heavy atom. The second kappa shape index (κ2) is 5.42. The molecular weight excluding hydrogens is 228 g/mol. The molecule has 0 aliphatic carbocycles. The molecule has 3 N–H and O–H groups in total. The average Bonchev–Trinajstić information content (AvgIpc) is 2.39.